The van der Waals surface area contributed by atoms with E-state index in [1.54, 1.807) is 0 Å². The van der Waals surface area contributed by atoms with Gasteiger partial charge in [0.2, 0.25) is 0 Å². The van der Waals surface area contributed by atoms with Crippen molar-refractivity contribution in [2.24, 2.45) is 0 Å². The zero-order chi connectivity index (χ0) is 10.3. The molecule has 0 spiro atoms. The van der Waals surface area contributed by atoms with Gasteiger partial charge in [-0.05, 0) is 60.2 Å². The van der Waals surface area contributed by atoms with Crippen molar-refractivity contribution in [1.29, 1.82) is 0 Å². The highest BCUT2D eigenvalue weighted by atomic mass is 127. The third-order valence-electron chi connectivity index (χ3n) is 2.36. The molecule has 0 atom stereocenters. The van der Waals surface area contributed by atoms with Crippen molar-refractivity contribution in [1.82, 2.24) is 4.98 Å². The van der Waals surface area contributed by atoms with Crippen LogP contribution in [0.4, 0.5) is 0 Å². The topological polar surface area (TPSA) is 12.9 Å². The van der Waals surface area contributed by atoms with E-state index in [9.17, 15) is 0 Å². The van der Waals surface area contributed by atoms with Gasteiger partial charge >= 0.3 is 0 Å². The maximum atomic E-state index is 6.26. The van der Waals surface area contributed by atoms with E-state index in [4.69, 9.17) is 11.6 Å². The molecule has 2 aromatic rings. The largest absolute Gasteiger partial charge is 0.253 e. The normalized spacial score (nSPS) is 10.9. The third kappa shape index (κ3) is 1.61. The number of aryl methyl sites for hydroxylation is 1. The molecule has 0 amide bonds. The van der Waals surface area contributed by atoms with Gasteiger partial charge in [-0.3, -0.25) is 4.98 Å². The summed E-state index contributed by atoms with van der Waals surface area (Å²) in [6, 6.07) is 6.12. The number of hydrogen-bond acceptors (Lipinski definition) is 1. The lowest BCUT2D eigenvalue weighted by molar-refractivity contribution is 1.20. The molecule has 0 radical (unpaired) electrons. The second-order valence-electron chi connectivity index (χ2n) is 3.30. The summed E-state index contributed by atoms with van der Waals surface area (Å²) < 4.78 is 1.18. The predicted octanol–water partition coefficient (Wildman–Crippen LogP) is 4.11. The zero-order valence-electron chi connectivity index (χ0n) is 7.94. The molecule has 0 unspecified atom stereocenters. The van der Waals surface area contributed by atoms with Crippen molar-refractivity contribution in [2.45, 2.75) is 13.8 Å². The predicted molar refractivity (Wildman–Crippen MR) is 68.9 cm³/mol. The highest BCUT2D eigenvalue weighted by Gasteiger charge is 2.06. The lowest BCUT2D eigenvalue weighted by Crippen LogP contribution is -1.90. The van der Waals surface area contributed by atoms with Crippen LogP contribution in [0.5, 0.6) is 0 Å². The summed E-state index contributed by atoms with van der Waals surface area (Å²) in [4.78, 5) is 4.49. The highest BCUT2D eigenvalue weighted by molar-refractivity contribution is 14.1. The molecule has 14 heavy (non-hydrogen) atoms. The fraction of sp³-hybridized carbons (Fsp3) is 0.182. The minimum Gasteiger partial charge on any atom is -0.253 e. The van der Waals surface area contributed by atoms with Gasteiger partial charge < -0.3 is 0 Å². The number of benzene rings is 1. The van der Waals surface area contributed by atoms with Crippen LogP contribution < -0.4 is 0 Å². The summed E-state index contributed by atoms with van der Waals surface area (Å²) in [5, 5.41) is 1.87. The van der Waals surface area contributed by atoms with Crippen LogP contribution >= 0.6 is 34.2 Å². The Morgan fingerprint density at radius 1 is 1.29 bits per heavy atom. The first-order valence-electron chi connectivity index (χ1n) is 4.31. The van der Waals surface area contributed by atoms with Gasteiger partial charge in [0.15, 0.2) is 0 Å². The molecule has 0 N–H and O–H groups in total. The van der Waals surface area contributed by atoms with Crippen LogP contribution in [0.25, 0.3) is 10.9 Å². The van der Waals surface area contributed by atoms with Crippen LogP contribution in [0.3, 0.4) is 0 Å². The van der Waals surface area contributed by atoms with Gasteiger partial charge in [0.1, 0.15) is 0 Å². The van der Waals surface area contributed by atoms with E-state index in [1.165, 1.54) is 3.57 Å². The van der Waals surface area contributed by atoms with Crippen LogP contribution in [-0.2, 0) is 0 Å². The van der Waals surface area contributed by atoms with Crippen molar-refractivity contribution in [2.75, 3.05) is 0 Å². The Morgan fingerprint density at radius 3 is 2.71 bits per heavy atom. The van der Waals surface area contributed by atoms with Crippen molar-refractivity contribution in [3.05, 3.63) is 38.0 Å². The van der Waals surface area contributed by atoms with Crippen LogP contribution in [0.15, 0.2) is 18.2 Å². The van der Waals surface area contributed by atoms with Gasteiger partial charge in [0, 0.05) is 14.7 Å². The number of hydrogen-bond donors (Lipinski definition) is 0. The molecule has 2 rings (SSSR count). The number of nitrogens with zero attached hydrogens (tertiary/aromatic N) is 1. The summed E-state index contributed by atoms with van der Waals surface area (Å²) in [5.41, 5.74) is 3.04. The maximum Gasteiger partial charge on any atom is 0.0721 e. The average molecular weight is 318 g/mol. The SMILES string of the molecule is Cc1nc2ccc(I)cc2c(Cl)c1C. The number of fused-ring (bicyclic) bond motifs is 1. The molecule has 1 aromatic carbocycles. The molecular formula is C11H9ClIN. The van der Waals surface area contributed by atoms with Gasteiger partial charge in [-0.1, -0.05) is 11.6 Å². The fourth-order valence-corrected chi connectivity index (χ4v) is 2.19. The Kier molecular flexibility index (Phi) is 2.66. The molecule has 0 saturated carbocycles. The Balaban J connectivity index is 2.92. The van der Waals surface area contributed by atoms with Crippen molar-refractivity contribution in [3.8, 4) is 0 Å². The van der Waals surface area contributed by atoms with Gasteiger partial charge in [-0.25, -0.2) is 0 Å². The minimum absolute atomic E-state index is 0.825. The van der Waals surface area contributed by atoms with E-state index < -0.39 is 0 Å². The Labute approximate surface area is 102 Å². The highest BCUT2D eigenvalue weighted by Crippen LogP contribution is 2.28. The molecular weight excluding hydrogens is 308 g/mol. The average Bonchev–Trinajstić information content (AvgIpc) is 2.16. The van der Waals surface area contributed by atoms with E-state index in [2.05, 4.69) is 33.6 Å². The molecule has 3 heteroatoms. The summed E-state index contributed by atoms with van der Waals surface area (Å²) in [6.45, 7) is 3.99. The number of rotatable bonds is 0. The number of halogens is 2. The molecule has 1 nitrogen and oxygen atoms in total. The first-order chi connectivity index (χ1) is 6.59. The number of aromatic nitrogens is 1. The Hall–Kier alpha value is -0.350. The summed E-state index contributed by atoms with van der Waals surface area (Å²) in [6.07, 6.45) is 0. The first-order valence-corrected chi connectivity index (χ1v) is 5.77. The maximum absolute atomic E-state index is 6.26. The van der Waals surface area contributed by atoms with Crippen LogP contribution in [0, 0.1) is 17.4 Å². The van der Waals surface area contributed by atoms with Crippen molar-refractivity contribution >= 4 is 45.1 Å². The molecule has 1 heterocycles. The molecule has 0 bridgehead atoms. The monoisotopic (exact) mass is 317 g/mol. The molecule has 0 aliphatic carbocycles. The van der Waals surface area contributed by atoms with E-state index in [1.807, 2.05) is 26.0 Å². The lowest BCUT2D eigenvalue weighted by Gasteiger charge is -2.06. The minimum atomic E-state index is 0.825. The molecule has 1 aromatic heterocycles. The van der Waals surface area contributed by atoms with Gasteiger partial charge in [-0.15, -0.1) is 0 Å². The summed E-state index contributed by atoms with van der Waals surface area (Å²) in [5.74, 6) is 0. The van der Waals surface area contributed by atoms with Crippen LogP contribution in [0.1, 0.15) is 11.3 Å². The standard InChI is InChI=1S/C11H9ClIN/c1-6-7(2)14-10-4-3-8(13)5-9(10)11(6)12/h3-5H,1-2H3. The molecule has 0 fully saturated rings. The van der Waals surface area contributed by atoms with Gasteiger partial charge in [0.05, 0.1) is 10.5 Å². The van der Waals surface area contributed by atoms with Crippen LogP contribution in [-0.4, -0.2) is 4.98 Å². The van der Waals surface area contributed by atoms with Crippen molar-refractivity contribution in [3.63, 3.8) is 0 Å². The van der Waals surface area contributed by atoms with E-state index in [0.717, 1.165) is 27.2 Å². The molecule has 0 saturated heterocycles. The van der Waals surface area contributed by atoms with Gasteiger partial charge in [0.25, 0.3) is 0 Å². The van der Waals surface area contributed by atoms with E-state index >= 15 is 0 Å². The Morgan fingerprint density at radius 2 is 2.00 bits per heavy atom. The third-order valence-corrected chi connectivity index (χ3v) is 3.51. The fourth-order valence-electron chi connectivity index (χ4n) is 1.41. The van der Waals surface area contributed by atoms with Crippen LogP contribution in [0.2, 0.25) is 5.02 Å². The second kappa shape index (κ2) is 3.66. The van der Waals surface area contributed by atoms with Gasteiger partial charge in [-0.2, -0.15) is 0 Å². The van der Waals surface area contributed by atoms with E-state index in [-0.39, 0.29) is 0 Å². The number of pyridine rings is 1. The zero-order valence-corrected chi connectivity index (χ0v) is 10.8. The molecule has 72 valence electrons. The second-order valence-corrected chi connectivity index (χ2v) is 4.92. The Bertz CT molecular complexity index is 508. The molecule has 0 aliphatic heterocycles. The summed E-state index contributed by atoms with van der Waals surface area (Å²) in [7, 11) is 0. The summed E-state index contributed by atoms with van der Waals surface area (Å²) >= 11 is 8.54. The quantitative estimate of drug-likeness (QED) is 0.666. The molecule has 0 aliphatic rings. The lowest BCUT2D eigenvalue weighted by atomic mass is 10.1. The first kappa shape index (κ1) is 10.2. The van der Waals surface area contributed by atoms with E-state index in [0.29, 0.717) is 0 Å². The smallest absolute Gasteiger partial charge is 0.0721 e. The van der Waals surface area contributed by atoms with Crippen molar-refractivity contribution < 1.29 is 0 Å².